The van der Waals surface area contributed by atoms with Gasteiger partial charge in [0.25, 0.3) is 0 Å². The summed E-state index contributed by atoms with van der Waals surface area (Å²) in [6.07, 6.45) is 17.1. The van der Waals surface area contributed by atoms with Gasteiger partial charge in [-0.05, 0) is 31.4 Å². The van der Waals surface area contributed by atoms with Crippen molar-refractivity contribution >= 4 is 11.9 Å². The van der Waals surface area contributed by atoms with Crippen molar-refractivity contribution in [3.05, 3.63) is 24.3 Å². The summed E-state index contributed by atoms with van der Waals surface area (Å²) in [4.78, 5) is 25.1. The number of rotatable bonds is 19. The molecule has 0 aliphatic rings. The van der Waals surface area contributed by atoms with Gasteiger partial charge >= 0.3 is 11.9 Å². The van der Waals surface area contributed by atoms with Crippen LogP contribution in [0.2, 0.25) is 0 Å². The maximum atomic E-state index is 12.8. The van der Waals surface area contributed by atoms with Crippen molar-refractivity contribution in [3.8, 4) is 11.5 Å². The Morgan fingerprint density at radius 2 is 1.19 bits per heavy atom. The molecule has 1 unspecified atom stereocenters. The number of carbonyl (C=O) groups is 2. The Bertz CT molecular complexity index is 626. The molecule has 0 aliphatic carbocycles. The molecule has 0 N–H and O–H groups in total. The Morgan fingerprint density at radius 3 is 1.78 bits per heavy atom. The first kappa shape index (κ1) is 28.2. The number of hydrogen-bond donors (Lipinski definition) is 0. The fourth-order valence-electron chi connectivity index (χ4n) is 3.93. The lowest BCUT2D eigenvalue weighted by atomic mass is 9.96. The second-order valence-electron chi connectivity index (χ2n) is 8.90. The van der Waals surface area contributed by atoms with E-state index in [1.54, 1.807) is 24.3 Å². The standard InChI is InChI=1S/C28H46O4/c1-4-7-9-11-12-13-14-16-23-27(29)31-25-21-17-18-22-26(25)32-28(30)24(19-6-3)20-15-10-8-5-2/h17-18,21-22,24H,4-16,19-20,23H2,1-3H3. The van der Waals surface area contributed by atoms with Crippen molar-refractivity contribution in [3.63, 3.8) is 0 Å². The predicted molar refractivity (Wildman–Crippen MR) is 132 cm³/mol. The topological polar surface area (TPSA) is 52.6 Å². The molecule has 0 bridgehead atoms. The van der Waals surface area contributed by atoms with Crippen molar-refractivity contribution in [2.24, 2.45) is 5.92 Å². The number of unbranched alkanes of at least 4 members (excludes halogenated alkanes) is 10. The molecule has 4 nitrogen and oxygen atoms in total. The molecule has 182 valence electrons. The average Bonchev–Trinajstić information content (AvgIpc) is 2.79. The monoisotopic (exact) mass is 446 g/mol. The third-order valence-electron chi connectivity index (χ3n) is 5.89. The molecular formula is C28H46O4. The van der Waals surface area contributed by atoms with Gasteiger partial charge in [-0.3, -0.25) is 9.59 Å². The largest absolute Gasteiger partial charge is 0.423 e. The van der Waals surface area contributed by atoms with Gasteiger partial charge in [0.2, 0.25) is 0 Å². The summed E-state index contributed by atoms with van der Waals surface area (Å²) in [7, 11) is 0. The van der Waals surface area contributed by atoms with E-state index in [1.807, 2.05) is 0 Å². The molecule has 0 saturated heterocycles. The third kappa shape index (κ3) is 12.9. The second-order valence-corrected chi connectivity index (χ2v) is 8.90. The number of hydrogen-bond acceptors (Lipinski definition) is 4. The summed E-state index contributed by atoms with van der Waals surface area (Å²) in [5.41, 5.74) is 0. The fraction of sp³-hybridized carbons (Fsp3) is 0.714. The molecule has 0 heterocycles. The van der Waals surface area contributed by atoms with Crippen molar-refractivity contribution in [2.45, 2.75) is 124 Å². The summed E-state index contributed by atoms with van der Waals surface area (Å²) in [5, 5.41) is 0. The van der Waals surface area contributed by atoms with Crippen LogP contribution in [0, 0.1) is 5.92 Å². The normalized spacial score (nSPS) is 11.8. The molecule has 0 aliphatic heterocycles. The summed E-state index contributed by atoms with van der Waals surface area (Å²) in [6.45, 7) is 6.50. The Hall–Kier alpha value is -1.84. The van der Waals surface area contributed by atoms with Gasteiger partial charge in [0.1, 0.15) is 0 Å². The zero-order chi connectivity index (χ0) is 23.4. The highest BCUT2D eigenvalue weighted by Crippen LogP contribution is 2.29. The third-order valence-corrected chi connectivity index (χ3v) is 5.89. The molecule has 0 saturated carbocycles. The van der Waals surface area contributed by atoms with E-state index in [0.717, 1.165) is 44.9 Å². The van der Waals surface area contributed by atoms with Crippen LogP contribution in [0.3, 0.4) is 0 Å². The Labute approximate surface area is 196 Å². The lowest BCUT2D eigenvalue weighted by Gasteiger charge is -2.16. The zero-order valence-corrected chi connectivity index (χ0v) is 20.8. The minimum atomic E-state index is -0.260. The predicted octanol–water partition coefficient (Wildman–Crippen LogP) is 8.41. The highest BCUT2D eigenvalue weighted by molar-refractivity contribution is 5.77. The lowest BCUT2D eigenvalue weighted by Crippen LogP contribution is -2.21. The first-order valence-electron chi connectivity index (χ1n) is 13.1. The van der Waals surface area contributed by atoms with Crippen LogP contribution in [-0.4, -0.2) is 11.9 Å². The Kier molecular flexibility index (Phi) is 16.5. The van der Waals surface area contributed by atoms with Crippen molar-refractivity contribution in [1.82, 2.24) is 0 Å². The minimum Gasteiger partial charge on any atom is -0.423 e. The maximum Gasteiger partial charge on any atom is 0.314 e. The first-order valence-corrected chi connectivity index (χ1v) is 13.1. The number of ether oxygens (including phenoxy) is 2. The smallest absolute Gasteiger partial charge is 0.314 e. The van der Waals surface area contributed by atoms with Crippen molar-refractivity contribution in [1.29, 1.82) is 0 Å². The van der Waals surface area contributed by atoms with Gasteiger partial charge in [0.15, 0.2) is 11.5 Å². The van der Waals surface area contributed by atoms with Crippen molar-refractivity contribution in [2.75, 3.05) is 0 Å². The van der Waals surface area contributed by atoms with Crippen LogP contribution in [0.5, 0.6) is 11.5 Å². The van der Waals surface area contributed by atoms with E-state index in [9.17, 15) is 9.59 Å². The van der Waals surface area contributed by atoms with Crippen LogP contribution in [0.4, 0.5) is 0 Å². The van der Waals surface area contributed by atoms with Gasteiger partial charge in [-0.2, -0.15) is 0 Å². The van der Waals surface area contributed by atoms with Gasteiger partial charge in [-0.1, -0.05) is 110 Å². The molecule has 1 aromatic rings. The number of carbonyl (C=O) groups excluding carboxylic acids is 2. The van der Waals surface area contributed by atoms with Gasteiger partial charge < -0.3 is 9.47 Å². The lowest BCUT2D eigenvalue weighted by molar-refractivity contribution is -0.140. The summed E-state index contributed by atoms with van der Waals surface area (Å²) in [6, 6.07) is 7.00. The number of esters is 2. The highest BCUT2D eigenvalue weighted by Gasteiger charge is 2.21. The first-order chi connectivity index (χ1) is 15.6. The Balaban J connectivity index is 2.47. The molecule has 32 heavy (non-hydrogen) atoms. The molecule has 1 atom stereocenters. The van der Waals surface area contributed by atoms with E-state index in [2.05, 4.69) is 20.8 Å². The van der Waals surface area contributed by atoms with E-state index < -0.39 is 0 Å². The van der Waals surface area contributed by atoms with E-state index in [4.69, 9.17) is 9.47 Å². The fourth-order valence-corrected chi connectivity index (χ4v) is 3.93. The van der Waals surface area contributed by atoms with Crippen LogP contribution in [0.1, 0.15) is 124 Å². The molecule has 0 spiro atoms. The SMILES string of the molecule is CCCCCCCCCCC(=O)Oc1ccccc1OC(=O)C(CCC)CCCCCC. The highest BCUT2D eigenvalue weighted by atomic mass is 16.6. The molecular weight excluding hydrogens is 400 g/mol. The quantitative estimate of drug-likeness (QED) is 0.122. The van der Waals surface area contributed by atoms with Crippen LogP contribution in [0.25, 0.3) is 0 Å². The van der Waals surface area contributed by atoms with E-state index in [0.29, 0.717) is 17.9 Å². The van der Waals surface area contributed by atoms with Crippen LogP contribution in [0.15, 0.2) is 24.3 Å². The van der Waals surface area contributed by atoms with Crippen LogP contribution < -0.4 is 9.47 Å². The van der Waals surface area contributed by atoms with Gasteiger partial charge in [0, 0.05) is 6.42 Å². The molecule has 0 aromatic heterocycles. The average molecular weight is 447 g/mol. The van der Waals surface area contributed by atoms with E-state index in [1.165, 1.54) is 51.4 Å². The van der Waals surface area contributed by atoms with Crippen molar-refractivity contribution < 1.29 is 19.1 Å². The summed E-state index contributed by atoms with van der Waals surface area (Å²) >= 11 is 0. The Morgan fingerprint density at radius 1 is 0.656 bits per heavy atom. The summed E-state index contributed by atoms with van der Waals surface area (Å²) < 4.78 is 11.2. The van der Waals surface area contributed by atoms with Crippen LogP contribution in [-0.2, 0) is 9.59 Å². The minimum absolute atomic E-state index is 0.0991. The molecule has 4 heteroatoms. The van der Waals surface area contributed by atoms with Gasteiger partial charge in [0.05, 0.1) is 5.92 Å². The number of para-hydroxylation sites is 2. The second kappa shape index (κ2) is 18.7. The summed E-state index contributed by atoms with van der Waals surface area (Å²) in [5.74, 6) is 0.111. The number of benzene rings is 1. The van der Waals surface area contributed by atoms with Crippen LogP contribution >= 0.6 is 0 Å². The van der Waals surface area contributed by atoms with E-state index >= 15 is 0 Å². The molecule has 0 amide bonds. The van der Waals surface area contributed by atoms with Gasteiger partial charge in [-0.25, -0.2) is 0 Å². The zero-order valence-electron chi connectivity index (χ0n) is 20.8. The van der Waals surface area contributed by atoms with E-state index in [-0.39, 0.29) is 17.9 Å². The molecule has 0 radical (unpaired) electrons. The molecule has 0 fully saturated rings. The van der Waals surface area contributed by atoms with Gasteiger partial charge in [-0.15, -0.1) is 0 Å². The maximum absolute atomic E-state index is 12.8. The molecule has 1 aromatic carbocycles. The molecule has 1 rings (SSSR count).